The summed E-state index contributed by atoms with van der Waals surface area (Å²) in [6.07, 6.45) is 6.23. The van der Waals surface area contributed by atoms with Crippen molar-refractivity contribution in [2.24, 2.45) is 23.2 Å². The molecule has 1 saturated carbocycles. The number of hydrogen-bond acceptors (Lipinski definition) is 1. The predicted octanol–water partition coefficient (Wildman–Crippen LogP) is 4.45. The third-order valence-electron chi connectivity index (χ3n) is 4.24. The summed E-state index contributed by atoms with van der Waals surface area (Å²) in [6, 6.07) is 0. The van der Waals surface area contributed by atoms with Gasteiger partial charge in [-0.15, -0.1) is 0 Å². The summed E-state index contributed by atoms with van der Waals surface area (Å²) in [6.45, 7) is 10.9. The molecule has 1 nitrogen and oxygen atoms in total. The van der Waals surface area contributed by atoms with E-state index in [1.165, 1.54) is 32.1 Å². The molecule has 0 aromatic rings. The minimum Gasteiger partial charge on any atom is -0.299 e. The number of carbonyl (C=O) groups is 1. The van der Waals surface area contributed by atoms with E-state index in [4.69, 9.17) is 0 Å². The highest BCUT2D eigenvalue weighted by atomic mass is 16.1. The molecule has 0 heterocycles. The van der Waals surface area contributed by atoms with Gasteiger partial charge in [-0.2, -0.15) is 0 Å². The number of ketones is 1. The van der Waals surface area contributed by atoms with Crippen LogP contribution in [0.1, 0.15) is 66.7 Å². The Morgan fingerprint density at radius 2 is 2.00 bits per heavy atom. The van der Waals surface area contributed by atoms with Gasteiger partial charge in [0, 0.05) is 11.8 Å². The minimum absolute atomic E-state index is 0.196. The van der Waals surface area contributed by atoms with Gasteiger partial charge >= 0.3 is 0 Å². The normalized spacial score (nSPS) is 29.4. The molecular formula is C15H28O. The fraction of sp³-hybridized carbons (Fsp3) is 0.933. The summed E-state index contributed by atoms with van der Waals surface area (Å²) in [7, 11) is 0. The number of Topliss-reactive ketones (excluding diaryl/α,β-unsaturated/α-hetero) is 1. The molecule has 0 aromatic heterocycles. The highest BCUT2D eigenvalue weighted by molar-refractivity contribution is 5.83. The smallest absolute Gasteiger partial charge is 0.139 e. The van der Waals surface area contributed by atoms with Crippen molar-refractivity contribution in [3.05, 3.63) is 0 Å². The van der Waals surface area contributed by atoms with Gasteiger partial charge < -0.3 is 0 Å². The molecule has 1 heteroatoms. The van der Waals surface area contributed by atoms with Crippen LogP contribution in [0, 0.1) is 23.2 Å². The van der Waals surface area contributed by atoms with Crippen LogP contribution in [0.5, 0.6) is 0 Å². The van der Waals surface area contributed by atoms with Crippen molar-refractivity contribution in [1.29, 1.82) is 0 Å². The van der Waals surface area contributed by atoms with Crippen molar-refractivity contribution in [3.8, 4) is 0 Å². The van der Waals surface area contributed by atoms with E-state index < -0.39 is 0 Å². The molecule has 0 saturated heterocycles. The van der Waals surface area contributed by atoms with Gasteiger partial charge in [-0.05, 0) is 30.6 Å². The Morgan fingerprint density at radius 3 is 2.50 bits per heavy atom. The van der Waals surface area contributed by atoms with Crippen LogP contribution in [0.15, 0.2) is 0 Å². The van der Waals surface area contributed by atoms with Crippen LogP contribution in [0.4, 0.5) is 0 Å². The fourth-order valence-corrected chi connectivity index (χ4v) is 3.44. The lowest BCUT2D eigenvalue weighted by Crippen LogP contribution is -2.42. The van der Waals surface area contributed by atoms with E-state index in [0.717, 1.165) is 0 Å². The first kappa shape index (κ1) is 13.7. The standard InChI is InChI=1S/C15H28O/c1-6-8-12-9-7-10-15(4,5)13(12)14(16)11(2)3/h11-13H,6-10H2,1-5H3. The lowest BCUT2D eigenvalue weighted by atomic mass is 9.60. The zero-order chi connectivity index (χ0) is 12.3. The molecule has 1 rings (SSSR count). The first-order valence-electron chi connectivity index (χ1n) is 6.94. The fourth-order valence-electron chi connectivity index (χ4n) is 3.44. The summed E-state index contributed by atoms with van der Waals surface area (Å²) in [4.78, 5) is 12.4. The summed E-state index contributed by atoms with van der Waals surface area (Å²) in [5, 5.41) is 0. The molecular weight excluding hydrogens is 196 g/mol. The van der Waals surface area contributed by atoms with E-state index in [1.807, 2.05) is 0 Å². The van der Waals surface area contributed by atoms with Crippen LogP contribution in [0.3, 0.4) is 0 Å². The minimum atomic E-state index is 0.196. The van der Waals surface area contributed by atoms with Crippen LogP contribution in [0.2, 0.25) is 0 Å². The largest absolute Gasteiger partial charge is 0.299 e. The van der Waals surface area contributed by atoms with Crippen LogP contribution in [-0.4, -0.2) is 5.78 Å². The second-order valence-corrected chi connectivity index (χ2v) is 6.46. The summed E-state index contributed by atoms with van der Waals surface area (Å²) >= 11 is 0. The molecule has 1 fully saturated rings. The van der Waals surface area contributed by atoms with E-state index in [1.54, 1.807) is 0 Å². The van der Waals surface area contributed by atoms with Gasteiger partial charge in [0.1, 0.15) is 5.78 Å². The number of rotatable bonds is 4. The molecule has 0 amide bonds. The van der Waals surface area contributed by atoms with Gasteiger partial charge in [0.25, 0.3) is 0 Å². The number of hydrogen-bond donors (Lipinski definition) is 0. The average molecular weight is 224 g/mol. The zero-order valence-corrected chi connectivity index (χ0v) is 11.7. The van der Waals surface area contributed by atoms with Crippen LogP contribution < -0.4 is 0 Å². The maximum absolute atomic E-state index is 12.4. The van der Waals surface area contributed by atoms with E-state index in [0.29, 0.717) is 17.6 Å². The third-order valence-corrected chi connectivity index (χ3v) is 4.24. The lowest BCUT2D eigenvalue weighted by molar-refractivity contribution is -0.134. The molecule has 1 aliphatic carbocycles. The Bertz CT molecular complexity index is 238. The van der Waals surface area contributed by atoms with Crippen molar-refractivity contribution in [3.63, 3.8) is 0 Å². The third kappa shape index (κ3) is 2.87. The van der Waals surface area contributed by atoms with Gasteiger partial charge in [-0.1, -0.05) is 47.5 Å². The second-order valence-electron chi connectivity index (χ2n) is 6.46. The SMILES string of the molecule is CCCC1CCCC(C)(C)C1C(=O)C(C)C. The summed E-state index contributed by atoms with van der Waals surface area (Å²) in [5.41, 5.74) is 0.222. The molecule has 2 unspecified atom stereocenters. The predicted molar refractivity (Wildman–Crippen MR) is 69.4 cm³/mol. The van der Waals surface area contributed by atoms with E-state index in [9.17, 15) is 4.79 Å². The molecule has 0 aliphatic heterocycles. The Hall–Kier alpha value is -0.330. The van der Waals surface area contributed by atoms with E-state index in [-0.39, 0.29) is 11.3 Å². The van der Waals surface area contributed by atoms with Gasteiger partial charge in [-0.25, -0.2) is 0 Å². The summed E-state index contributed by atoms with van der Waals surface area (Å²) < 4.78 is 0. The van der Waals surface area contributed by atoms with Gasteiger partial charge in [0.15, 0.2) is 0 Å². The quantitative estimate of drug-likeness (QED) is 0.689. The van der Waals surface area contributed by atoms with Crippen LogP contribution in [0.25, 0.3) is 0 Å². The molecule has 0 N–H and O–H groups in total. The van der Waals surface area contributed by atoms with Crippen LogP contribution >= 0.6 is 0 Å². The topological polar surface area (TPSA) is 17.1 Å². The molecule has 0 aromatic carbocycles. The Balaban J connectivity index is 2.88. The maximum atomic E-state index is 12.4. The molecule has 0 spiro atoms. The van der Waals surface area contributed by atoms with Crippen molar-refractivity contribution < 1.29 is 4.79 Å². The molecule has 1 aliphatic rings. The molecule has 16 heavy (non-hydrogen) atoms. The van der Waals surface area contributed by atoms with E-state index in [2.05, 4.69) is 34.6 Å². The molecule has 94 valence electrons. The Morgan fingerprint density at radius 1 is 1.38 bits per heavy atom. The second kappa shape index (κ2) is 5.33. The van der Waals surface area contributed by atoms with Crippen molar-refractivity contribution in [2.75, 3.05) is 0 Å². The van der Waals surface area contributed by atoms with Gasteiger partial charge in [0.05, 0.1) is 0 Å². The highest BCUT2D eigenvalue weighted by Gasteiger charge is 2.43. The molecule has 0 bridgehead atoms. The first-order chi connectivity index (χ1) is 7.40. The van der Waals surface area contributed by atoms with Crippen molar-refractivity contribution in [1.82, 2.24) is 0 Å². The highest BCUT2D eigenvalue weighted by Crippen LogP contribution is 2.46. The molecule has 2 atom stereocenters. The van der Waals surface area contributed by atoms with Crippen molar-refractivity contribution >= 4 is 5.78 Å². The summed E-state index contributed by atoms with van der Waals surface area (Å²) in [5.74, 6) is 1.65. The zero-order valence-electron chi connectivity index (χ0n) is 11.7. The monoisotopic (exact) mass is 224 g/mol. The van der Waals surface area contributed by atoms with Crippen LogP contribution in [-0.2, 0) is 4.79 Å². The Kier molecular flexibility index (Phi) is 4.58. The average Bonchev–Trinajstić information content (AvgIpc) is 2.16. The molecule has 0 radical (unpaired) electrons. The maximum Gasteiger partial charge on any atom is 0.139 e. The van der Waals surface area contributed by atoms with Gasteiger partial charge in [0.2, 0.25) is 0 Å². The number of carbonyl (C=O) groups excluding carboxylic acids is 1. The lowest BCUT2D eigenvalue weighted by Gasteiger charge is -2.44. The van der Waals surface area contributed by atoms with Gasteiger partial charge in [-0.3, -0.25) is 4.79 Å². The Labute approximate surface area is 101 Å². The van der Waals surface area contributed by atoms with Crippen molar-refractivity contribution in [2.45, 2.75) is 66.7 Å². The first-order valence-corrected chi connectivity index (χ1v) is 6.94. The van der Waals surface area contributed by atoms with E-state index >= 15 is 0 Å².